The summed E-state index contributed by atoms with van der Waals surface area (Å²) >= 11 is 5.85. The molecule has 2 aromatic rings. The lowest BCUT2D eigenvalue weighted by Gasteiger charge is -2.23. The van der Waals surface area contributed by atoms with E-state index in [9.17, 15) is 13.2 Å². The maximum Gasteiger partial charge on any atom is 0.322 e. The Morgan fingerprint density at radius 1 is 1.19 bits per heavy atom. The van der Waals surface area contributed by atoms with Crippen molar-refractivity contribution in [1.82, 2.24) is 4.90 Å². The lowest BCUT2D eigenvalue weighted by atomic mass is 10.2. The van der Waals surface area contributed by atoms with Gasteiger partial charge in [0.25, 0.3) is 0 Å². The van der Waals surface area contributed by atoms with Crippen LogP contribution in [0.3, 0.4) is 0 Å². The first-order chi connectivity index (χ1) is 12.8. The van der Waals surface area contributed by atoms with Gasteiger partial charge < -0.3 is 19.1 Å². The summed E-state index contributed by atoms with van der Waals surface area (Å²) in [4.78, 5) is 14.2. The van der Waals surface area contributed by atoms with Gasteiger partial charge in [0.05, 0.1) is 12.9 Å². The van der Waals surface area contributed by atoms with Gasteiger partial charge in [-0.15, -0.1) is 0 Å². The SMILES string of the molecule is COCCN(Cc1cccc(OS(C)(=O)=O)c1)C(=O)Nc1ccc(Cl)cc1. The molecule has 0 aliphatic carbocycles. The number of methoxy groups -OCH3 is 1. The number of rotatable bonds is 8. The zero-order valence-electron chi connectivity index (χ0n) is 15.0. The molecule has 0 heterocycles. The molecular weight excluding hydrogens is 392 g/mol. The molecule has 0 unspecified atom stereocenters. The van der Waals surface area contributed by atoms with Crippen LogP contribution in [0.2, 0.25) is 5.02 Å². The number of benzene rings is 2. The first-order valence-electron chi connectivity index (χ1n) is 8.05. The van der Waals surface area contributed by atoms with Gasteiger partial charge in [0.1, 0.15) is 5.75 Å². The second-order valence-electron chi connectivity index (χ2n) is 5.79. The summed E-state index contributed by atoms with van der Waals surface area (Å²) < 4.78 is 32.5. The number of nitrogens with zero attached hydrogens (tertiary/aromatic N) is 1. The minimum atomic E-state index is -3.62. The van der Waals surface area contributed by atoms with Crippen molar-refractivity contribution in [2.24, 2.45) is 0 Å². The van der Waals surface area contributed by atoms with Gasteiger partial charge in [-0.3, -0.25) is 0 Å². The molecule has 0 aromatic heterocycles. The van der Waals surface area contributed by atoms with Crippen LogP contribution >= 0.6 is 11.6 Å². The first-order valence-corrected chi connectivity index (χ1v) is 10.2. The topological polar surface area (TPSA) is 84.9 Å². The number of carbonyl (C=O) groups is 1. The molecule has 0 aliphatic rings. The Morgan fingerprint density at radius 2 is 1.89 bits per heavy atom. The van der Waals surface area contributed by atoms with Gasteiger partial charge in [0.2, 0.25) is 0 Å². The average molecular weight is 413 g/mol. The van der Waals surface area contributed by atoms with Crippen LogP contribution in [-0.2, 0) is 21.4 Å². The van der Waals surface area contributed by atoms with E-state index in [1.54, 1.807) is 54.5 Å². The Morgan fingerprint density at radius 3 is 2.52 bits per heavy atom. The molecule has 0 bridgehead atoms. The number of carbonyl (C=O) groups excluding carboxylic acids is 1. The monoisotopic (exact) mass is 412 g/mol. The van der Waals surface area contributed by atoms with Crippen molar-refractivity contribution >= 4 is 33.4 Å². The number of ether oxygens (including phenoxy) is 1. The Kier molecular flexibility index (Phi) is 7.46. The molecule has 0 fully saturated rings. The highest BCUT2D eigenvalue weighted by atomic mass is 35.5. The lowest BCUT2D eigenvalue weighted by Crippen LogP contribution is -2.36. The second-order valence-corrected chi connectivity index (χ2v) is 7.80. The van der Waals surface area contributed by atoms with Crippen molar-refractivity contribution in [2.45, 2.75) is 6.54 Å². The summed E-state index contributed by atoms with van der Waals surface area (Å²) in [6.45, 7) is 0.963. The molecule has 0 saturated heterocycles. The summed E-state index contributed by atoms with van der Waals surface area (Å²) in [5.74, 6) is 0.194. The third-order valence-corrected chi connectivity index (χ3v) is 4.21. The summed E-state index contributed by atoms with van der Waals surface area (Å²) in [5, 5.41) is 3.37. The number of halogens is 1. The van der Waals surface area contributed by atoms with Crippen LogP contribution in [0.15, 0.2) is 48.5 Å². The quantitative estimate of drug-likeness (QED) is 0.672. The Labute approximate surface area is 164 Å². The van der Waals surface area contributed by atoms with Crippen molar-refractivity contribution in [1.29, 1.82) is 0 Å². The number of urea groups is 1. The highest BCUT2D eigenvalue weighted by molar-refractivity contribution is 7.86. The van der Waals surface area contributed by atoms with Crippen LogP contribution in [-0.4, -0.2) is 45.9 Å². The molecule has 27 heavy (non-hydrogen) atoms. The van der Waals surface area contributed by atoms with E-state index in [-0.39, 0.29) is 18.3 Å². The molecule has 0 aliphatic heterocycles. The molecule has 0 radical (unpaired) electrons. The second kappa shape index (κ2) is 9.59. The van der Waals surface area contributed by atoms with E-state index < -0.39 is 10.1 Å². The van der Waals surface area contributed by atoms with Crippen LogP contribution in [0.4, 0.5) is 10.5 Å². The first kappa shape index (κ1) is 21.0. The summed E-state index contributed by atoms with van der Waals surface area (Å²) in [5.41, 5.74) is 1.33. The summed E-state index contributed by atoms with van der Waals surface area (Å²) in [6, 6.07) is 13.0. The van der Waals surface area contributed by atoms with Gasteiger partial charge in [-0.25, -0.2) is 4.79 Å². The fourth-order valence-corrected chi connectivity index (χ4v) is 2.86. The number of hydrogen-bond donors (Lipinski definition) is 1. The van der Waals surface area contributed by atoms with Gasteiger partial charge in [-0.05, 0) is 42.0 Å². The Balaban J connectivity index is 2.12. The van der Waals surface area contributed by atoms with E-state index >= 15 is 0 Å². The fraction of sp³-hybridized carbons (Fsp3) is 0.278. The maximum atomic E-state index is 12.6. The van der Waals surface area contributed by atoms with Gasteiger partial charge in [-0.1, -0.05) is 23.7 Å². The molecule has 2 amide bonds. The zero-order chi connectivity index (χ0) is 19.9. The van der Waals surface area contributed by atoms with Gasteiger partial charge in [-0.2, -0.15) is 8.42 Å². The number of nitrogens with one attached hydrogen (secondary N) is 1. The predicted octanol–water partition coefficient (Wildman–Crippen LogP) is 3.36. The van der Waals surface area contributed by atoms with Gasteiger partial charge >= 0.3 is 16.1 Å². The highest BCUT2D eigenvalue weighted by Gasteiger charge is 2.15. The predicted molar refractivity (Wildman–Crippen MR) is 105 cm³/mol. The van der Waals surface area contributed by atoms with E-state index in [4.69, 9.17) is 20.5 Å². The summed E-state index contributed by atoms with van der Waals surface area (Å²) in [6.07, 6.45) is 0.976. The normalized spacial score (nSPS) is 11.1. The Bertz CT molecular complexity index is 872. The smallest absolute Gasteiger partial charge is 0.322 e. The lowest BCUT2D eigenvalue weighted by molar-refractivity contribution is 0.153. The van der Waals surface area contributed by atoms with Crippen LogP contribution in [0, 0.1) is 0 Å². The van der Waals surface area contributed by atoms with E-state index in [0.717, 1.165) is 11.8 Å². The fourth-order valence-electron chi connectivity index (χ4n) is 2.28. The van der Waals surface area contributed by atoms with E-state index in [2.05, 4.69) is 5.32 Å². The molecule has 1 N–H and O–H groups in total. The molecule has 146 valence electrons. The van der Waals surface area contributed by atoms with Gasteiger partial charge in [0, 0.05) is 30.9 Å². The highest BCUT2D eigenvalue weighted by Crippen LogP contribution is 2.18. The average Bonchev–Trinajstić information content (AvgIpc) is 2.59. The number of amides is 2. The van der Waals surface area contributed by atoms with Crippen LogP contribution in [0.5, 0.6) is 5.75 Å². The van der Waals surface area contributed by atoms with Crippen LogP contribution in [0.1, 0.15) is 5.56 Å². The Hall–Kier alpha value is -2.29. The molecule has 2 rings (SSSR count). The standard InChI is InChI=1S/C18H21ClN2O5S/c1-25-11-10-21(18(22)20-16-8-6-15(19)7-9-16)13-14-4-3-5-17(12-14)26-27(2,23)24/h3-9,12H,10-11,13H2,1-2H3,(H,20,22). The van der Waals surface area contributed by atoms with Crippen molar-refractivity contribution in [2.75, 3.05) is 31.8 Å². The third-order valence-electron chi connectivity index (χ3n) is 3.47. The molecule has 0 saturated carbocycles. The molecule has 0 spiro atoms. The largest absolute Gasteiger partial charge is 0.383 e. The van der Waals surface area contributed by atoms with Crippen molar-refractivity contribution in [3.05, 3.63) is 59.1 Å². The maximum absolute atomic E-state index is 12.6. The summed E-state index contributed by atoms with van der Waals surface area (Å²) in [7, 11) is -2.07. The zero-order valence-corrected chi connectivity index (χ0v) is 16.6. The van der Waals surface area contributed by atoms with Crippen LogP contribution < -0.4 is 9.50 Å². The van der Waals surface area contributed by atoms with Gasteiger partial charge in [0.15, 0.2) is 0 Å². The molecule has 9 heteroatoms. The third kappa shape index (κ3) is 7.46. The minimum Gasteiger partial charge on any atom is -0.383 e. The van der Waals surface area contributed by atoms with E-state index in [1.165, 1.54) is 6.07 Å². The van der Waals surface area contributed by atoms with Crippen LogP contribution in [0.25, 0.3) is 0 Å². The van der Waals surface area contributed by atoms with E-state index in [0.29, 0.717) is 23.9 Å². The molecule has 2 aromatic carbocycles. The minimum absolute atomic E-state index is 0.194. The van der Waals surface area contributed by atoms with Crippen molar-refractivity contribution in [3.8, 4) is 5.75 Å². The number of anilines is 1. The molecular formula is C18H21ClN2O5S. The van der Waals surface area contributed by atoms with Crippen molar-refractivity contribution in [3.63, 3.8) is 0 Å². The molecule has 0 atom stereocenters. The van der Waals surface area contributed by atoms with E-state index in [1.807, 2.05) is 0 Å². The number of hydrogen-bond acceptors (Lipinski definition) is 5. The molecule has 7 nitrogen and oxygen atoms in total. The van der Waals surface area contributed by atoms with Crippen molar-refractivity contribution < 1.29 is 22.1 Å².